The van der Waals surface area contributed by atoms with Gasteiger partial charge in [0.1, 0.15) is 0 Å². The minimum absolute atomic E-state index is 0.0309. The number of hydrogen-bond donors (Lipinski definition) is 1. The molecule has 6 nitrogen and oxygen atoms in total. The van der Waals surface area contributed by atoms with Crippen molar-refractivity contribution >= 4 is 28.7 Å². The summed E-state index contributed by atoms with van der Waals surface area (Å²) in [5.74, 6) is 0. The lowest BCUT2D eigenvalue weighted by Gasteiger charge is -2.30. The summed E-state index contributed by atoms with van der Waals surface area (Å²) < 4.78 is 7.67. The summed E-state index contributed by atoms with van der Waals surface area (Å²) >= 11 is 5.89. The molecule has 1 N–H and O–H groups in total. The molecule has 0 saturated carbocycles. The third-order valence-corrected chi connectivity index (χ3v) is 7.03. The van der Waals surface area contributed by atoms with E-state index >= 15 is 0 Å². The van der Waals surface area contributed by atoms with Crippen LogP contribution >= 0.6 is 12.2 Å². The molecule has 2 aliphatic rings. The first-order valence-corrected chi connectivity index (χ1v) is 12.4. The number of nitrogens with zero attached hydrogens (tertiary/aromatic N) is 4. The quantitative estimate of drug-likeness (QED) is 0.410. The predicted octanol–water partition coefficient (Wildman–Crippen LogP) is 4.89. The zero-order valence-corrected chi connectivity index (χ0v) is 20.1. The topological polar surface area (TPSA) is 45.6 Å². The molecule has 0 radical (unpaired) electrons. The number of anilines is 2. The molecule has 2 aromatic carbocycles. The third-order valence-electron chi connectivity index (χ3n) is 6.71. The number of pyridine rings is 1. The highest BCUT2D eigenvalue weighted by Crippen LogP contribution is 2.42. The molecule has 35 heavy (non-hydrogen) atoms. The summed E-state index contributed by atoms with van der Waals surface area (Å²) in [5.41, 5.74) is 5.55. The molecule has 4 aromatic rings. The van der Waals surface area contributed by atoms with Gasteiger partial charge in [-0.15, -0.1) is 0 Å². The molecule has 7 heteroatoms. The van der Waals surface area contributed by atoms with Gasteiger partial charge in [-0.1, -0.05) is 24.3 Å². The fourth-order valence-electron chi connectivity index (χ4n) is 4.97. The van der Waals surface area contributed by atoms with Crippen LogP contribution in [0.25, 0.3) is 5.69 Å². The SMILES string of the molecule is S=C1NC(c2ccccn2)C(c2ccn(-c3ccccc3)c2)N1c1ccc(N2CCOCC2)cc1. The Morgan fingerprint density at radius 3 is 2.31 bits per heavy atom. The normalized spacial score (nSPS) is 20.2. The fourth-order valence-corrected chi connectivity index (χ4v) is 5.31. The van der Waals surface area contributed by atoms with Crippen molar-refractivity contribution in [1.29, 1.82) is 0 Å². The number of aromatic nitrogens is 2. The molecule has 2 unspecified atom stereocenters. The molecular formula is C28H27N5OS. The van der Waals surface area contributed by atoms with Crippen molar-refractivity contribution in [3.63, 3.8) is 0 Å². The van der Waals surface area contributed by atoms with Crippen LogP contribution in [0.15, 0.2) is 97.5 Å². The Labute approximate surface area is 210 Å². The number of morpholine rings is 1. The lowest BCUT2D eigenvalue weighted by atomic mass is 9.98. The first-order chi connectivity index (χ1) is 17.3. The Morgan fingerprint density at radius 1 is 0.829 bits per heavy atom. The molecule has 2 fully saturated rings. The van der Waals surface area contributed by atoms with Crippen molar-refractivity contribution in [1.82, 2.24) is 14.9 Å². The summed E-state index contributed by atoms with van der Waals surface area (Å²) in [7, 11) is 0. The van der Waals surface area contributed by atoms with Gasteiger partial charge in [-0.05, 0) is 72.4 Å². The van der Waals surface area contributed by atoms with E-state index in [4.69, 9.17) is 17.0 Å². The van der Waals surface area contributed by atoms with E-state index in [0.717, 1.165) is 43.4 Å². The lowest BCUT2D eigenvalue weighted by Crippen LogP contribution is -2.36. The molecular weight excluding hydrogens is 454 g/mol. The van der Waals surface area contributed by atoms with Gasteiger partial charge < -0.3 is 24.4 Å². The van der Waals surface area contributed by atoms with E-state index in [2.05, 4.69) is 97.7 Å². The van der Waals surface area contributed by atoms with E-state index in [1.807, 2.05) is 24.4 Å². The van der Waals surface area contributed by atoms with Crippen molar-refractivity contribution in [2.24, 2.45) is 0 Å². The van der Waals surface area contributed by atoms with Crippen LogP contribution in [-0.2, 0) is 4.74 Å². The zero-order valence-electron chi connectivity index (χ0n) is 19.3. The van der Waals surface area contributed by atoms with Crippen LogP contribution in [0.1, 0.15) is 23.3 Å². The van der Waals surface area contributed by atoms with E-state index in [-0.39, 0.29) is 12.1 Å². The molecule has 4 heterocycles. The monoisotopic (exact) mass is 481 g/mol. The number of rotatable bonds is 5. The molecule has 6 rings (SSSR count). The van der Waals surface area contributed by atoms with Gasteiger partial charge in [0.25, 0.3) is 0 Å². The van der Waals surface area contributed by atoms with E-state index in [1.165, 1.54) is 11.3 Å². The minimum Gasteiger partial charge on any atom is -0.378 e. The van der Waals surface area contributed by atoms with Crippen molar-refractivity contribution in [3.05, 3.63) is 109 Å². The van der Waals surface area contributed by atoms with Crippen LogP contribution in [0.5, 0.6) is 0 Å². The highest BCUT2D eigenvalue weighted by atomic mass is 32.1. The second-order valence-corrected chi connectivity index (χ2v) is 9.19. The first-order valence-electron chi connectivity index (χ1n) is 11.9. The van der Waals surface area contributed by atoms with Crippen molar-refractivity contribution in [2.75, 3.05) is 36.1 Å². The van der Waals surface area contributed by atoms with E-state index < -0.39 is 0 Å². The molecule has 0 spiro atoms. The average Bonchev–Trinajstić information content (AvgIpc) is 3.55. The van der Waals surface area contributed by atoms with Gasteiger partial charge >= 0.3 is 0 Å². The maximum absolute atomic E-state index is 5.89. The molecule has 2 atom stereocenters. The highest BCUT2D eigenvalue weighted by Gasteiger charge is 2.41. The Balaban J connectivity index is 1.37. The van der Waals surface area contributed by atoms with Crippen molar-refractivity contribution in [3.8, 4) is 5.69 Å². The number of thiocarbonyl (C=S) groups is 1. The fraction of sp³-hybridized carbons (Fsp3) is 0.214. The maximum Gasteiger partial charge on any atom is 0.174 e. The van der Waals surface area contributed by atoms with Gasteiger partial charge in [0.05, 0.1) is 31.0 Å². The van der Waals surface area contributed by atoms with Crippen molar-refractivity contribution in [2.45, 2.75) is 12.1 Å². The Bertz CT molecular complexity index is 1290. The second kappa shape index (κ2) is 9.52. The van der Waals surface area contributed by atoms with Crippen molar-refractivity contribution < 1.29 is 4.74 Å². The van der Waals surface area contributed by atoms with Gasteiger partial charge in [-0.2, -0.15) is 0 Å². The molecule has 0 bridgehead atoms. The van der Waals surface area contributed by atoms with Crippen LogP contribution in [0.3, 0.4) is 0 Å². The minimum atomic E-state index is -0.0609. The molecule has 0 aliphatic carbocycles. The van der Waals surface area contributed by atoms with Gasteiger partial charge in [0.15, 0.2) is 5.11 Å². The average molecular weight is 482 g/mol. The summed E-state index contributed by atoms with van der Waals surface area (Å²) in [4.78, 5) is 9.25. The van der Waals surface area contributed by atoms with Crippen LogP contribution in [0, 0.1) is 0 Å². The highest BCUT2D eigenvalue weighted by molar-refractivity contribution is 7.80. The molecule has 0 amide bonds. The largest absolute Gasteiger partial charge is 0.378 e. The summed E-state index contributed by atoms with van der Waals surface area (Å²) in [6, 6.07) is 27.2. The van der Waals surface area contributed by atoms with Crippen LogP contribution in [0.4, 0.5) is 11.4 Å². The third kappa shape index (κ3) is 4.29. The molecule has 2 saturated heterocycles. The van der Waals surface area contributed by atoms with Gasteiger partial charge in [0.2, 0.25) is 0 Å². The zero-order chi connectivity index (χ0) is 23.6. The maximum atomic E-state index is 5.89. The first kappa shape index (κ1) is 21.8. The second-order valence-electron chi connectivity index (χ2n) is 8.80. The van der Waals surface area contributed by atoms with E-state index in [0.29, 0.717) is 5.11 Å². The summed E-state index contributed by atoms with van der Waals surface area (Å²) in [6.07, 6.45) is 6.15. The summed E-state index contributed by atoms with van der Waals surface area (Å²) in [5, 5.41) is 4.26. The summed E-state index contributed by atoms with van der Waals surface area (Å²) in [6.45, 7) is 3.38. The Morgan fingerprint density at radius 2 is 1.57 bits per heavy atom. The number of benzene rings is 2. The van der Waals surface area contributed by atoms with E-state index in [9.17, 15) is 0 Å². The Hall–Kier alpha value is -3.68. The van der Waals surface area contributed by atoms with Gasteiger partial charge in [0, 0.05) is 48.7 Å². The number of ether oxygens (including phenoxy) is 1. The van der Waals surface area contributed by atoms with E-state index in [1.54, 1.807) is 0 Å². The Kier molecular flexibility index (Phi) is 5.94. The number of nitrogens with one attached hydrogen (secondary N) is 1. The van der Waals surface area contributed by atoms with Gasteiger partial charge in [-0.25, -0.2) is 0 Å². The predicted molar refractivity (Wildman–Crippen MR) is 143 cm³/mol. The number of para-hydroxylation sites is 1. The van der Waals surface area contributed by atoms with Crippen LogP contribution < -0.4 is 15.1 Å². The smallest absolute Gasteiger partial charge is 0.174 e. The molecule has 2 aromatic heterocycles. The van der Waals surface area contributed by atoms with Gasteiger partial charge in [-0.3, -0.25) is 4.98 Å². The molecule has 2 aliphatic heterocycles. The van der Waals surface area contributed by atoms with Crippen LogP contribution in [0.2, 0.25) is 0 Å². The lowest BCUT2D eigenvalue weighted by molar-refractivity contribution is 0.122. The number of hydrogen-bond acceptors (Lipinski definition) is 4. The standard InChI is InChI=1S/C28H27N5OS/c35-28-30-26(25-8-4-5-14-29-25)27(21-13-15-32(20-21)22-6-2-1-3-7-22)33(28)24-11-9-23(10-12-24)31-16-18-34-19-17-31/h1-15,20,26-27H,16-19H2,(H,30,35). The van der Waals surface area contributed by atoms with Crippen LogP contribution in [-0.4, -0.2) is 41.0 Å². The molecule has 176 valence electrons.